The van der Waals surface area contributed by atoms with Gasteiger partial charge in [0.2, 0.25) is 10.0 Å². The summed E-state index contributed by atoms with van der Waals surface area (Å²) in [5, 5.41) is 2.49. The number of rotatable bonds is 7. The maximum atomic E-state index is 12.4. The first-order valence-electron chi connectivity index (χ1n) is 6.84. The van der Waals surface area contributed by atoms with Gasteiger partial charge in [0.05, 0.1) is 4.90 Å². The van der Waals surface area contributed by atoms with Crippen molar-refractivity contribution in [3.8, 4) is 0 Å². The number of hydrogen-bond donors (Lipinski definition) is 1. The van der Waals surface area contributed by atoms with Crippen LogP contribution >= 0.6 is 0 Å². The van der Waals surface area contributed by atoms with Crippen molar-refractivity contribution in [3.05, 3.63) is 24.3 Å². The summed E-state index contributed by atoms with van der Waals surface area (Å²) in [5.74, 6) is -1.10. The lowest BCUT2D eigenvalue weighted by atomic mass is 10.3. The van der Waals surface area contributed by atoms with E-state index in [2.05, 4.69) is 10.1 Å². The van der Waals surface area contributed by atoms with Crippen LogP contribution in [0.5, 0.6) is 0 Å². The van der Waals surface area contributed by atoms with E-state index in [0.29, 0.717) is 18.8 Å². The lowest BCUT2D eigenvalue weighted by Gasteiger charge is -2.18. The highest BCUT2D eigenvalue weighted by Crippen LogP contribution is 2.19. The van der Waals surface area contributed by atoms with Gasteiger partial charge >= 0.3 is 5.97 Å². The Morgan fingerprint density at radius 1 is 1.23 bits per heavy atom. The Hall–Kier alpha value is -1.93. The van der Waals surface area contributed by atoms with Crippen molar-refractivity contribution in [2.75, 3.05) is 25.0 Å². The summed E-state index contributed by atoms with van der Waals surface area (Å²) >= 11 is 0. The summed E-state index contributed by atoms with van der Waals surface area (Å²) in [6, 6.07) is 5.94. The van der Waals surface area contributed by atoms with Gasteiger partial charge in [-0.05, 0) is 18.2 Å². The molecule has 1 aromatic carbocycles. The third kappa shape index (κ3) is 4.81. The van der Waals surface area contributed by atoms with E-state index in [1.807, 2.05) is 0 Å². The molecule has 0 unspecified atom stereocenters. The average Bonchev–Trinajstić information content (AvgIpc) is 2.46. The van der Waals surface area contributed by atoms with E-state index in [0.717, 1.165) is 0 Å². The Bertz CT molecular complexity index is 638. The number of benzene rings is 1. The number of carbonyl (C=O) groups excluding carboxylic acids is 2. The Morgan fingerprint density at radius 2 is 1.86 bits per heavy atom. The number of carbonyl (C=O) groups is 2. The van der Waals surface area contributed by atoms with Gasteiger partial charge in [0, 0.05) is 25.7 Å². The van der Waals surface area contributed by atoms with E-state index in [4.69, 9.17) is 0 Å². The quantitative estimate of drug-likeness (QED) is 0.760. The Morgan fingerprint density at radius 3 is 2.41 bits per heavy atom. The highest BCUT2D eigenvalue weighted by atomic mass is 32.2. The van der Waals surface area contributed by atoms with Crippen LogP contribution < -0.4 is 5.32 Å². The molecule has 1 aromatic rings. The van der Waals surface area contributed by atoms with Crippen LogP contribution in [0, 0.1) is 0 Å². The summed E-state index contributed by atoms with van der Waals surface area (Å²) < 4.78 is 30.7. The van der Waals surface area contributed by atoms with Crippen LogP contribution in [0.3, 0.4) is 0 Å². The van der Waals surface area contributed by atoms with Crippen molar-refractivity contribution < 1.29 is 22.7 Å². The molecule has 0 spiro atoms. The molecule has 0 aromatic heterocycles. The summed E-state index contributed by atoms with van der Waals surface area (Å²) in [6.07, 6.45) is 0. The third-order valence-electron chi connectivity index (χ3n) is 2.87. The van der Waals surface area contributed by atoms with Crippen molar-refractivity contribution in [2.45, 2.75) is 25.7 Å². The number of anilines is 1. The van der Waals surface area contributed by atoms with E-state index in [9.17, 15) is 18.0 Å². The molecule has 0 bridgehead atoms. The number of amides is 1. The van der Waals surface area contributed by atoms with Crippen LogP contribution in [0.15, 0.2) is 29.2 Å². The van der Waals surface area contributed by atoms with E-state index in [-0.39, 0.29) is 4.90 Å². The second-order valence-corrected chi connectivity index (χ2v) is 6.38. The molecule has 0 atom stereocenters. The van der Waals surface area contributed by atoms with Crippen LogP contribution in [-0.4, -0.2) is 44.3 Å². The molecule has 1 amide bonds. The van der Waals surface area contributed by atoms with Crippen LogP contribution in [0.25, 0.3) is 0 Å². The number of ether oxygens (including phenoxy) is 1. The van der Waals surface area contributed by atoms with E-state index in [1.54, 1.807) is 19.9 Å². The molecule has 1 rings (SSSR count). The minimum Gasteiger partial charge on any atom is -0.456 e. The van der Waals surface area contributed by atoms with Gasteiger partial charge in [0.25, 0.3) is 5.91 Å². The van der Waals surface area contributed by atoms with Crippen molar-refractivity contribution in [1.82, 2.24) is 4.31 Å². The van der Waals surface area contributed by atoms with E-state index >= 15 is 0 Å². The van der Waals surface area contributed by atoms with Gasteiger partial charge in [-0.1, -0.05) is 19.9 Å². The molecule has 122 valence electrons. The molecule has 8 heteroatoms. The van der Waals surface area contributed by atoms with Gasteiger partial charge in [-0.15, -0.1) is 0 Å². The lowest BCUT2D eigenvalue weighted by Crippen LogP contribution is -2.30. The maximum absolute atomic E-state index is 12.4. The van der Waals surface area contributed by atoms with Crippen LogP contribution in [0.1, 0.15) is 20.8 Å². The molecule has 0 aliphatic heterocycles. The third-order valence-corrected chi connectivity index (χ3v) is 4.91. The van der Waals surface area contributed by atoms with Crippen molar-refractivity contribution >= 4 is 27.6 Å². The lowest BCUT2D eigenvalue weighted by molar-refractivity contribution is -0.144. The van der Waals surface area contributed by atoms with Crippen molar-refractivity contribution in [2.24, 2.45) is 0 Å². The van der Waals surface area contributed by atoms with Crippen LogP contribution in [-0.2, 0) is 24.3 Å². The standard InChI is InChI=1S/C14H20N2O5S/c1-4-16(5-2)22(19,20)13-8-6-7-12(9-13)15-14(18)10-21-11(3)17/h6-9H,4-5,10H2,1-3H3,(H,15,18). The first-order valence-corrected chi connectivity index (χ1v) is 8.28. The van der Waals surface area contributed by atoms with Crippen molar-refractivity contribution in [3.63, 3.8) is 0 Å². The SMILES string of the molecule is CCN(CC)S(=O)(=O)c1cccc(NC(=O)COC(C)=O)c1. The number of sulfonamides is 1. The van der Waals surface area contributed by atoms with E-state index < -0.39 is 28.5 Å². The molecular formula is C14H20N2O5S. The number of esters is 1. The fourth-order valence-corrected chi connectivity index (χ4v) is 3.32. The Labute approximate surface area is 130 Å². The molecule has 0 saturated heterocycles. The second-order valence-electron chi connectivity index (χ2n) is 4.45. The second kappa shape index (κ2) is 7.90. The summed E-state index contributed by atoms with van der Waals surface area (Å²) in [6.45, 7) is 5.02. The molecule has 0 heterocycles. The zero-order chi connectivity index (χ0) is 16.8. The topological polar surface area (TPSA) is 92.8 Å². The zero-order valence-corrected chi connectivity index (χ0v) is 13.6. The first kappa shape index (κ1) is 18.1. The molecule has 0 fully saturated rings. The van der Waals surface area contributed by atoms with Gasteiger partial charge < -0.3 is 10.1 Å². The van der Waals surface area contributed by atoms with Gasteiger partial charge in [-0.3, -0.25) is 9.59 Å². The maximum Gasteiger partial charge on any atom is 0.303 e. The number of nitrogens with one attached hydrogen (secondary N) is 1. The zero-order valence-electron chi connectivity index (χ0n) is 12.8. The summed E-state index contributed by atoms with van der Waals surface area (Å²) in [4.78, 5) is 22.3. The fourth-order valence-electron chi connectivity index (χ4n) is 1.81. The number of nitrogens with zero attached hydrogens (tertiary/aromatic N) is 1. The molecule has 1 N–H and O–H groups in total. The van der Waals surface area contributed by atoms with Crippen LogP contribution in [0.4, 0.5) is 5.69 Å². The summed E-state index contributed by atoms with van der Waals surface area (Å²) in [5.41, 5.74) is 0.324. The monoisotopic (exact) mass is 328 g/mol. The normalized spacial score (nSPS) is 11.3. The van der Waals surface area contributed by atoms with Gasteiger partial charge in [-0.25, -0.2) is 8.42 Å². The molecular weight excluding hydrogens is 308 g/mol. The molecule has 0 saturated carbocycles. The minimum atomic E-state index is -3.59. The predicted molar refractivity (Wildman–Crippen MR) is 81.8 cm³/mol. The number of hydrogen-bond acceptors (Lipinski definition) is 5. The smallest absolute Gasteiger partial charge is 0.303 e. The fraction of sp³-hybridized carbons (Fsp3) is 0.429. The first-order chi connectivity index (χ1) is 10.3. The molecule has 22 heavy (non-hydrogen) atoms. The van der Waals surface area contributed by atoms with E-state index in [1.165, 1.54) is 29.4 Å². The summed E-state index contributed by atoms with van der Waals surface area (Å²) in [7, 11) is -3.59. The van der Waals surface area contributed by atoms with Crippen molar-refractivity contribution in [1.29, 1.82) is 0 Å². The van der Waals surface area contributed by atoms with Crippen LogP contribution in [0.2, 0.25) is 0 Å². The molecule has 0 aliphatic carbocycles. The van der Waals surface area contributed by atoms with Gasteiger partial charge in [0.1, 0.15) is 0 Å². The highest BCUT2D eigenvalue weighted by molar-refractivity contribution is 7.89. The molecule has 0 aliphatic rings. The molecule has 0 radical (unpaired) electrons. The van der Waals surface area contributed by atoms with Gasteiger partial charge in [0.15, 0.2) is 6.61 Å². The highest BCUT2D eigenvalue weighted by Gasteiger charge is 2.21. The Balaban J connectivity index is 2.90. The minimum absolute atomic E-state index is 0.0986. The largest absolute Gasteiger partial charge is 0.456 e. The Kier molecular flexibility index (Phi) is 6.51. The van der Waals surface area contributed by atoms with Gasteiger partial charge in [-0.2, -0.15) is 4.31 Å². The predicted octanol–water partition coefficient (Wildman–Crippen LogP) is 1.22. The molecule has 7 nitrogen and oxygen atoms in total. The average molecular weight is 328 g/mol.